The van der Waals surface area contributed by atoms with Crippen LogP contribution in [0.5, 0.6) is 0 Å². The maximum absolute atomic E-state index is 12.0. The summed E-state index contributed by atoms with van der Waals surface area (Å²) in [6.07, 6.45) is 7.84. The first-order valence-electron chi connectivity index (χ1n) is 7.19. The molecule has 1 aromatic heterocycles. The summed E-state index contributed by atoms with van der Waals surface area (Å²) in [6, 6.07) is 0.459. The Morgan fingerprint density at radius 3 is 2.53 bits per heavy atom. The van der Waals surface area contributed by atoms with Crippen LogP contribution >= 0.6 is 0 Å². The van der Waals surface area contributed by atoms with E-state index in [1.54, 1.807) is 0 Å². The van der Waals surface area contributed by atoms with Gasteiger partial charge < -0.3 is 9.30 Å². The van der Waals surface area contributed by atoms with E-state index in [2.05, 4.69) is 14.8 Å². The lowest BCUT2D eigenvalue weighted by Gasteiger charge is -2.26. The van der Waals surface area contributed by atoms with E-state index in [1.165, 1.54) is 39.2 Å². The first-order valence-corrected chi connectivity index (χ1v) is 7.19. The van der Waals surface area contributed by atoms with E-state index < -0.39 is 5.41 Å². The highest BCUT2D eigenvalue weighted by Crippen LogP contribution is 2.49. The second kappa shape index (κ2) is 4.62. The SMILES string of the molecule is COC(=O)C1(c2nnc(C)n2C2CCCCC2)CC1. The fraction of sp³-hybridized carbons (Fsp3) is 0.786. The molecule has 0 aliphatic heterocycles. The van der Waals surface area contributed by atoms with Crippen LogP contribution in [0.3, 0.4) is 0 Å². The lowest BCUT2D eigenvalue weighted by molar-refractivity contribution is -0.144. The zero-order valence-electron chi connectivity index (χ0n) is 11.7. The van der Waals surface area contributed by atoms with Crippen LogP contribution < -0.4 is 0 Å². The molecule has 0 saturated heterocycles. The minimum absolute atomic E-state index is 0.156. The summed E-state index contributed by atoms with van der Waals surface area (Å²) in [6.45, 7) is 1.98. The number of hydrogen-bond acceptors (Lipinski definition) is 4. The quantitative estimate of drug-likeness (QED) is 0.785. The zero-order chi connectivity index (χ0) is 13.5. The third-order valence-corrected chi connectivity index (χ3v) is 4.56. The fourth-order valence-electron chi connectivity index (χ4n) is 3.31. The van der Waals surface area contributed by atoms with Crippen molar-refractivity contribution in [3.63, 3.8) is 0 Å². The summed E-state index contributed by atoms with van der Waals surface area (Å²) in [4.78, 5) is 12.0. The highest BCUT2D eigenvalue weighted by atomic mass is 16.5. The summed E-state index contributed by atoms with van der Waals surface area (Å²) in [7, 11) is 1.45. The number of carbonyl (C=O) groups is 1. The number of ether oxygens (including phenoxy) is 1. The zero-order valence-corrected chi connectivity index (χ0v) is 11.7. The first-order chi connectivity index (χ1) is 9.19. The lowest BCUT2D eigenvalue weighted by atomic mass is 9.94. The molecule has 2 fully saturated rings. The van der Waals surface area contributed by atoms with Gasteiger partial charge in [-0.25, -0.2) is 0 Å². The lowest BCUT2D eigenvalue weighted by Crippen LogP contribution is -2.28. The number of esters is 1. The molecule has 2 aliphatic carbocycles. The minimum atomic E-state index is -0.506. The first kappa shape index (κ1) is 12.6. The van der Waals surface area contributed by atoms with Crippen LogP contribution in [-0.4, -0.2) is 27.8 Å². The Labute approximate surface area is 113 Å². The van der Waals surface area contributed by atoms with Gasteiger partial charge in [0.25, 0.3) is 0 Å². The fourth-order valence-corrected chi connectivity index (χ4v) is 3.31. The summed E-state index contributed by atoms with van der Waals surface area (Å²) in [5.41, 5.74) is -0.506. The summed E-state index contributed by atoms with van der Waals surface area (Å²) < 4.78 is 7.17. The van der Waals surface area contributed by atoms with Crippen LogP contribution in [0.1, 0.15) is 62.6 Å². The Balaban J connectivity index is 1.96. The summed E-state index contributed by atoms with van der Waals surface area (Å²) >= 11 is 0. The highest BCUT2D eigenvalue weighted by Gasteiger charge is 2.57. The molecular formula is C14H21N3O2. The van der Waals surface area contributed by atoms with Crippen molar-refractivity contribution in [3.05, 3.63) is 11.6 Å². The molecule has 5 nitrogen and oxygen atoms in total. The van der Waals surface area contributed by atoms with Crippen molar-refractivity contribution in [2.75, 3.05) is 7.11 Å². The van der Waals surface area contributed by atoms with Gasteiger partial charge in [0, 0.05) is 6.04 Å². The van der Waals surface area contributed by atoms with E-state index in [9.17, 15) is 4.79 Å². The van der Waals surface area contributed by atoms with Crippen LogP contribution in [0.2, 0.25) is 0 Å². The van der Waals surface area contributed by atoms with Gasteiger partial charge in [-0.15, -0.1) is 10.2 Å². The van der Waals surface area contributed by atoms with Crippen molar-refractivity contribution >= 4 is 5.97 Å². The molecule has 3 rings (SSSR count). The van der Waals surface area contributed by atoms with Crippen LogP contribution in [0.25, 0.3) is 0 Å². The Morgan fingerprint density at radius 2 is 1.95 bits per heavy atom. The van der Waals surface area contributed by atoms with Gasteiger partial charge in [0.05, 0.1) is 7.11 Å². The number of hydrogen-bond donors (Lipinski definition) is 0. The van der Waals surface area contributed by atoms with Crippen molar-refractivity contribution in [2.45, 2.75) is 63.3 Å². The molecule has 0 aromatic carbocycles. The van der Waals surface area contributed by atoms with E-state index in [-0.39, 0.29) is 5.97 Å². The molecule has 19 heavy (non-hydrogen) atoms. The van der Waals surface area contributed by atoms with Crippen molar-refractivity contribution < 1.29 is 9.53 Å². The normalized spacial score (nSPS) is 22.2. The molecule has 0 N–H and O–H groups in total. The molecule has 1 aromatic rings. The van der Waals surface area contributed by atoms with E-state index in [0.717, 1.165) is 24.5 Å². The number of aryl methyl sites for hydroxylation is 1. The average Bonchev–Trinajstić information content (AvgIpc) is 3.16. The van der Waals surface area contributed by atoms with Gasteiger partial charge in [0.2, 0.25) is 0 Å². The highest BCUT2D eigenvalue weighted by molar-refractivity contribution is 5.85. The molecule has 0 spiro atoms. The van der Waals surface area contributed by atoms with Crippen LogP contribution in [0.15, 0.2) is 0 Å². The van der Waals surface area contributed by atoms with Gasteiger partial charge in [-0.1, -0.05) is 19.3 Å². The summed E-state index contributed by atoms with van der Waals surface area (Å²) in [5.74, 6) is 1.61. The van der Waals surface area contributed by atoms with E-state index in [4.69, 9.17) is 4.74 Å². The Kier molecular flexibility index (Phi) is 3.07. The number of aromatic nitrogens is 3. The monoisotopic (exact) mass is 263 g/mol. The topological polar surface area (TPSA) is 57.0 Å². The second-order valence-corrected chi connectivity index (χ2v) is 5.81. The second-order valence-electron chi connectivity index (χ2n) is 5.81. The van der Waals surface area contributed by atoms with E-state index in [0.29, 0.717) is 6.04 Å². The van der Waals surface area contributed by atoms with Gasteiger partial charge in [0.15, 0.2) is 5.82 Å². The number of nitrogens with zero attached hydrogens (tertiary/aromatic N) is 3. The predicted octanol–water partition coefficient (Wildman–Crippen LogP) is 2.30. The van der Waals surface area contributed by atoms with E-state index in [1.807, 2.05) is 6.92 Å². The third-order valence-electron chi connectivity index (χ3n) is 4.56. The predicted molar refractivity (Wildman–Crippen MR) is 69.8 cm³/mol. The van der Waals surface area contributed by atoms with Crippen LogP contribution in [0.4, 0.5) is 0 Å². The maximum atomic E-state index is 12.0. The molecule has 1 heterocycles. The average molecular weight is 263 g/mol. The van der Waals surface area contributed by atoms with Gasteiger partial charge >= 0.3 is 5.97 Å². The summed E-state index contributed by atoms with van der Waals surface area (Å²) in [5, 5.41) is 8.53. The number of carbonyl (C=O) groups excluding carboxylic acids is 1. The van der Waals surface area contributed by atoms with Gasteiger partial charge in [0.1, 0.15) is 11.2 Å². The van der Waals surface area contributed by atoms with Crippen LogP contribution in [0, 0.1) is 6.92 Å². The molecule has 2 saturated carbocycles. The Hall–Kier alpha value is -1.39. The molecule has 0 amide bonds. The van der Waals surface area contributed by atoms with Crippen molar-refractivity contribution in [1.29, 1.82) is 0 Å². The van der Waals surface area contributed by atoms with Crippen molar-refractivity contribution in [1.82, 2.24) is 14.8 Å². The standard InChI is InChI=1S/C14H21N3O2/c1-10-15-16-12(14(8-9-14)13(18)19-2)17(10)11-6-4-3-5-7-11/h11H,3-9H2,1-2H3. The Bertz CT molecular complexity index is 485. The Morgan fingerprint density at radius 1 is 1.26 bits per heavy atom. The van der Waals surface area contributed by atoms with Gasteiger partial charge in [-0.2, -0.15) is 0 Å². The van der Waals surface area contributed by atoms with Crippen molar-refractivity contribution in [3.8, 4) is 0 Å². The molecular weight excluding hydrogens is 242 g/mol. The number of methoxy groups -OCH3 is 1. The van der Waals surface area contributed by atoms with Gasteiger partial charge in [-0.05, 0) is 32.6 Å². The van der Waals surface area contributed by atoms with E-state index >= 15 is 0 Å². The molecule has 0 atom stereocenters. The maximum Gasteiger partial charge on any atom is 0.319 e. The van der Waals surface area contributed by atoms with Crippen LogP contribution in [-0.2, 0) is 14.9 Å². The largest absolute Gasteiger partial charge is 0.468 e. The molecule has 5 heteroatoms. The third kappa shape index (κ3) is 1.95. The minimum Gasteiger partial charge on any atom is -0.468 e. The van der Waals surface area contributed by atoms with Crippen molar-refractivity contribution in [2.24, 2.45) is 0 Å². The smallest absolute Gasteiger partial charge is 0.319 e. The molecule has 0 unspecified atom stereocenters. The van der Waals surface area contributed by atoms with Gasteiger partial charge in [-0.3, -0.25) is 4.79 Å². The molecule has 2 aliphatic rings. The molecule has 0 bridgehead atoms. The molecule has 0 radical (unpaired) electrons. The number of rotatable bonds is 3. The molecule has 104 valence electrons.